The molecule has 0 saturated heterocycles. The van der Waals surface area contributed by atoms with E-state index in [1.165, 1.54) is 19.3 Å². The SMILES string of the molecule is CCCCCCNC(=O)NCCONC(C)C. The van der Waals surface area contributed by atoms with Crippen molar-refractivity contribution in [2.75, 3.05) is 19.7 Å². The first-order valence-corrected chi connectivity index (χ1v) is 6.55. The lowest BCUT2D eigenvalue weighted by molar-refractivity contribution is 0.0270. The van der Waals surface area contributed by atoms with E-state index in [0.29, 0.717) is 19.2 Å². The number of nitrogens with one attached hydrogen (secondary N) is 3. The molecule has 5 nitrogen and oxygen atoms in total. The van der Waals surface area contributed by atoms with Gasteiger partial charge in [0.25, 0.3) is 0 Å². The van der Waals surface area contributed by atoms with Crippen LogP contribution in [0, 0.1) is 0 Å². The number of carbonyl (C=O) groups excluding carboxylic acids is 1. The van der Waals surface area contributed by atoms with Gasteiger partial charge in [-0.2, -0.15) is 5.48 Å². The van der Waals surface area contributed by atoms with E-state index in [0.717, 1.165) is 13.0 Å². The van der Waals surface area contributed by atoms with Crippen molar-refractivity contribution in [3.63, 3.8) is 0 Å². The van der Waals surface area contributed by atoms with E-state index in [1.54, 1.807) is 0 Å². The number of urea groups is 1. The lowest BCUT2D eigenvalue weighted by Gasteiger charge is -2.10. The summed E-state index contributed by atoms with van der Waals surface area (Å²) in [6.45, 7) is 7.90. The van der Waals surface area contributed by atoms with E-state index in [2.05, 4.69) is 23.0 Å². The number of hydroxylamine groups is 1. The third-order valence-corrected chi connectivity index (χ3v) is 2.12. The molecule has 0 unspecified atom stereocenters. The summed E-state index contributed by atoms with van der Waals surface area (Å²) in [5.74, 6) is 0. The smallest absolute Gasteiger partial charge is 0.314 e. The van der Waals surface area contributed by atoms with Crippen molar-refractivity contribution in [1.29, 1.82) is 0 Å². The van der Waals surface area contributed by atoms with Gasteiger partial charge in [0.15, 0.2) is 0 Å². The van der Waals surface area contributed by atoms with E-state index in [9.17, 15) is 4.79 Å². The fourth-order valence-corrected chi connectivity index (χ4v) is 1.26. The monoisotopic (exact) mass is 245 g/mol. The van der Waals surface area contributed by atoms with Gasteiger partial charge < -0.3 is 10.6 Å². The number of hydrogen-bond donors (Lipinski definition) is 3. The van der Waals surface area contributed by atoms with E-state index in [1.807, 2.05) is 13.8 Å². The van der Waals surface area contributed by atoms with Gasteiger partial charge in [0, 0.05) is 19.1 Å². The molecule has 0 aromatic carbocycles. The zero-order chi connectivity index (χ0) is 12.9. The zero-order valence-electron chi connectivity index (χ0n) is 11.3. The van der Waals surface area contributed by atoms with Crippen molar-refractivity contribution in [2.45, 2.75) is 52.5 Å². The Morgan fingerprint density at radius 3 is 2.47 bits per heavy atom. The first-order chi connectivity index (χ1) is 8.16. The molecule has 0 saturated carbocycles. The molecule has 2 amide bonds. The largest absolute Gasteiger partial charge is 0.338 e. The van der Waals surface area contributed by atoms with Crippen molar-refractivity contribution >= 4 is 6.03 Å². The van der Waals surface area contributed by atoms with Crippen molar-refractivity contribution in [1.82, 2.24) is 16.1 Å². The maximum absolute atomic E-state index is 11.3. The molecule has 5 heteroatoms. The van der Waals surface area contributed by atoms with Gasteiger partial charge in [-0.25, -0.2) is 4.79 Å². The highest BCUT2D eigenvalue weighted by Gasteiger charge is 1.98. The van der Waals surface area contributed by atoms with Crippen LogP contribution in [0.1, 0.15) is 46.5 Å². The number of rotatable bonds is 10. The van der Waals surface area contributed by atoms with Crippen LogP contribution in [0.25, 0.3) is 0 Å². The summed E-state index contributed by atoms with van der Waals surface area (Å²) in [4.78, 5) is 16.4. The second-order valence-corrected chi connectivity index (χ2v) is 4.36. The molecule has 0 aliphatic rings. The maximum atomic E-state index is 11.3. The van der Waals surface area contributed by atoms with Gasteiger partial charge in [0.05, 0.1) is 6.61 Å². The molecular weight excluding hydrogens is 218 g/mol. The van der Waals surface area contributed by atoms with Crippen molar-refractivity contribution < 1.29 is 9.63 Å². The Balaban J connectivity index is 3.18. The molecule has 0 fully saturated rings. The van der Waals surface area contributed by atoms with Gasteiger partial charge >= 0.3 is 6.03 Å². The summed E-state index contributed by atoms with van der Waals surface area (Å²) < 4.78 is 0. The highest BCUT2D eigenvalue weighted by atomic mass is 16.6. The van der Waals surface area contributed by atoms with Gasteiger partial charge in [0.1, 0.15) is 0 Å². The molecule has 0 radical (unpaired) electrons. The van der Waals surface area contributed by atoms with E-state index >= 15 is 0 Å². The summed E-state index contributed by atoms with van der Waals surface area (Å²) in [7, 11) is 0. The fraction of sp³-hybridized carbons (Fsp3) is 0.917. The third kappa shape index (κ3) is 13.1. The molecule has 0 spiro atoms. The predicted molar refractivity (Wildman–Crippen MR) is 69.8 cm³/mol. The molecule has 0 rings (SSSR count). The maximum Gasteiger partial charge on any atom is 0.314 e. The van der Waals surface area contributed by atoms with Crippen LogP contribution in [0.15, 0.2) is 0 Å². The van der Waals surface area contributed by atoms with Crippen molar-refractivity contribution in [3.8, 4) is 0 Å². The van der Waals surface area contributed by atoms with Gasteiger partial charge in [-0.15, -0.1) is 0 Å². The molecule has 0 aliphatic heterocycles. The molecule has 102 valence electrons. The lowest BCUT2D eigenvalue weighted by atomic mass is 10.2. The standard InChI is InChI=1S/C12H27N3O2/c1-4-5-6-7-8-13-12(16)14-9-10-17-15-11(2)3/h11,15H,4-10H2,1-3H3,(H2,13,14,16). The molecule has 17 heavy (non-hydrogen) atoms. The minimum atomic E-state index is -0.116. The van der Waals surface area contributed by atoms with E-state index in [4.69, 9.17) is 4.84 Å². The van der Waals surface area contributed by atoms with Crippen LogP contribution in [0.3, 0.4) is 0 Å². The Morgan fingerprint density at radius 2 is 1.82 bits per heavy atom. The topological polar surface area (TPSA) is 62.4 Å². The molecule has 0 heterocycles. The van der Waals surface area contributed by atoms with Crippen molar-refractivity contribution in [2.24, 2.45) is 0 Å². The Morgan fingerprint density at radius 1 is 1.12 bits per heavy atom. The summed E-state index contributed by atoms with van der Waals surface area (Å²) in [5, 5.41) is 5.55. The van der Waals surface area contributed by atoms with Crippen LogP contribution in [-0.2, 0) is 4.84 Å². The Kier molecular flexibility index (Phi) is 11.1. The Bertz CT molecular complexity index is 187. The van der Waals surface area contributed by atoms with Crippen LogP contribution in [0.2, 0.25) is 0 Å². The molecule has 0 bridgehead atoms. The van der Waals surface area contributed by atoms with Gasteiger partial charge in [0.2, 0.25) is 0 Å². The van der Waals surface area contributed by atoms with Gasteiger partial charge in [-0.05, 0) is 20.3 Å². The average Bonchev–Trinajstić information content (AvgIpc) is 2.28. The van der Waals surface area contributed by atoms with Crippen LogP contribution >= 0.6 is 0 Å². The molecular formula is C12H27N3O2. The first kappa shape index (κ1) is 16.2. The number of carbonyl (C=O) groups is 1. The van der Waals surface area contributed by atoms with Crippen LogP contribution in [0.5, 0.6) is 0 Å². The summed E-state index contributed by atoms with van der Waals surface area (Å²) in [6, 6.07) is 0.178. The molecule has 0 aromatic heterocycles. The number of amides is 2. The average molecular weight is 245 g/mol. The molecule has 0 aliphatic carbocycles. The third-order valence-electron chi connectivity index (χ3n) is 2.12. The van der Waals surface area contributed by atoms with E-state index < -0.39 is 0 Å². The minimum absolute atomic E-state index is 0.116. The molecule has 3 N–H and O–H groups in total. The minimum Gasteiger partial charge on any atom is -0.338 e. The highest BCUT2D eigenvalue weighted by molar-refractivity contribution is 5.73. The van der Waals surface area contributed by atoms with Crippen LogP contribution in [-0.4, -0.2) is 31.8 Å². The molecule has 0 atom stereocenters. The van der Waals surface area contributed by atoms with Crippen LogP contribution < -0.4 is 16.1 Å². The van der Waals surface area contributed by atoms with E-state index in [-0.39, 0.29) is 6.03 Å². The van der Waals surface area contributed by atoms with Gasteiger partial charge in [-0.3, -0.25) is 4.84 Å². The summed E-state index contributed by atoms with van der Waals surface area (Å²) in [6.07, 6.45) is 4.68. The van der Waals surface area contributed by atoms with Crippen molar-refractivity contribution in [3.05, 3.63) is 0 Å². The molecule has 0 aromatic rings. The van der Waals surface area contributed by atoms with Crippen LogP contribution in [0.4, 0.5) is 4.79 Å². The lowest BCUT2D eigenvalue weighted by Crippen LogP contribution is -2.38. The summed E-state index contributed by atoms with van der Waals surface area (Å²) in [5.41, 5.74) is 2.81. The second-order valence-electron chi connectivity index (χ2n) is 4.36. The highest BCUT2D eigenvalue weighted by Crippen LogP contribution is 1.96. The zero-order valence-corrected chi connectivity index (χ0v) is 11.3. The Hall–Kier alpha value is -0.810. The Labute approximate surface area is 105 Å². The predicted octanol–water partition coefficient (Wildman–Crippen LogP) is 1.80. The van der Waals surface area contributed by atoms with Gasteiger partial charge in [-0.1, -0.05) is 26.2 Å². The fourth-order valence-electron chi connectivity index (χ4n) is 1.26. The normalized spacial score (nSPS) is 10.6. The second kappa shape index (κ2) is 11.7. The number of unbranched alkanes of at least 4 members (excludes halogenated alkanes) is 3. The first-order valence-electron chi connectivity index (χ1n) is 6.55. The summed E-state index contributed by atoms with van der Waals surface area (Å²) >= 11 is 0. The quantitative estimate of drug-likeness (QED) is 0.406. The number of hydrogen-bond acceptors (Lipinski definition) is 3.